The Balaban J connectivity index is 1.74. The Hall–Kier alpha value is -2.13. The number of rotatable bonds is 4. The molecule has 1 aromatic heterocycles. The molecule has 2 aromatic rings. The summed E-state index contributed by atoms with van der Waals surface area (Å²) < 4.78 is 39.8. The molecule has 1 fully saturated rings. The van der Waals surface area contributed by atoms with Crippen LogP contribution in [0.15, 0.2) is 30.3 Å². The molecule has 0 unspecified atom stereocenters. The van der Waals surface area contributed by atoms with Crippen LogP contribution in [0.1, 0.15) is 30.5 Å². The van der Waals surface area contributed by atoms with E-state index < -0.39 is 11.9 Å². The van der Waals surface area contributed by atoms with E-state index in [4.69, 9.17) is 23.8 Å². The van der Waals surface area contributed by atoms with Crippen LogP contribution in [0.3, 0.4) is 0 Å². The fraction of sp³-hybridized carbons (Fsp3) is 0.389. The minimum absolute atomic E-state index is 0.115. The number of hydrogen-bond donors (Lipinski definition) is 2. The second kappa shape index (κ2) is 8.91. The third-order valence-corrected chi connectivity index (χ3v) is 4.92. The van der Waals surface area contributed by atoms with E-state index in [0.29, 0.717) is 24.7 Å². The molecular formula is C18H19ClF3N5S. The average molecular weight is 430 g/mol. The number of aromatic nitrogens is 2. The molecule has 10 heteroatoms. The van der Waals surface area contributed by atoms with Crippen LogP contribution in [0.5, 0.6) is 0 Å². The highest BCUT2D eigenvalue weighted by atomic mass is 35.5. The highest BCUT2D eigenvalue weighted by Crippen LogP contribution is 2.31. The smallest absolute Gasteiger partial charge is 0.358 e. The lowest BCUT2D eigenvalue weighted by Gasteiger charge is -2.28. The first-order chi connectivity index (χ1) is 13.3. The summed E-state index contributed by atoms with van der Waals surface area (Å²) in [6.45, 7) is 1.66. The molecule has 1 aliphatic heterocycles. The zero-order valence-corrected chi connectivity index (χ0v) is 16.5. The summed E-state index contributed by atoms with van der Waals surface area (Å²) in [6.07, 6.45) is -1.66. The second-order valence-corrected chi connectivity index (χ2v) is 7.19. The standard InChI is InChI=1S/C18H19ClF3N5S/c19-13-7-3-2-6-12(13)11-23-17(28)26-16-24-14(18(20,21)22)10-15(25-16)27-8-4-1-5-9-27/h2-3,6-7,10H,1,4-5,8-9,11H2,(H2,23,24,25,26,28). The lowest BCUT2D eigenvalue weighted by molar-refractivity contribution is -0.141. The first-order valence-corrected chi connectivity index (χ1v) is 9.61. The van der Waals surface area contributed by atoms with Gasteiger partial charge in [-0.05, 0) is 43.1 Å². The van der Waals surface area contributed by atoms with E-state index in [1.807, 2.05) is 17.0 Å². The van der Waals surface area contributed by atoms with Crippen LogP contribution in [0.2, 0.25) is 5.02 Å². The number of thiocarbonyl (C=S) groups is 1. The third-order valence-electron chi connectivity index (χ3n) is 4.31. The highest BCUT2D eigenvalue weighted by molar-refractivity contribution is 7.80. The number of nitrogens with zero attached hydrogens (tertiary/aromatic N) is 3. The molecule has 3 rings (SSSR count). The van der Waals surface area contributed by atoms with Gasteiger partial charge >= 0.3 is 6.18 Å². The number of piperidine rings is 1. The SMILES string of the molecule is FC(F)(F)c1cc(N2CCCCC2)nc(NC(=S)NCc2ccccc2Cl)n1. The lowest BCUT2D eigenvalue weighted by Crippen LogP contribution is -2.32. The van der Waals surface area contributed by atoms with Crippen molar-refractivity contribution in [3.05, 3.63) is 46.6 Å². The van der Waals surface area contributed by atoms with Gasteiger partial charge in [0.15, 0.2) is 10.8 Å². The van der Waals surface area contributed by atoms with E-state index in [9.17, 15) is 13.2 Å². The molecule has 2 heterocycles. The molecule has 1 saturated heterocycles. The summed E-state index contributed by atoms with van der Waals surface area (Å²) in [7, 11) is 0. The van der Waals surface area contributed by atoms with Crippen molar-refractivity contribution in [3.63, 3.8) is 0 Å². The van der Waals surface area contributed by atoms with Crippen molar-refractivity contribution in [2.75, 3.05) is 23.3 Å². The molecule has 0 saturated carbocycles. The minimum Gasteiger partial charge on any atom is -0.358 e. The number of benzene rings is 1. The molecule has 150 valence electrons. The Kier molecular flexibility index (Phi) is 6.56. The van der Waals surface area contributed by atoms with E-state index in [1.165, 1.54) is 0 Å². The van der Waals surface area contributed by atoms with Crippen LogP contribution in [0.4, 0.5) is 24.9 Å². The van der Waals surface area contributed by atoms with Gasteiger partial charge in [-0.3, -0.25) is 0 Å². The summed E-state index contributed by atoms with van der Waals surface area (Å²) in [5.41, 5.74) is -0.188. The summed E-state index contributed by atoms with van der Waals surface area (Å²) in [5, 5.41) is 6.24. The number of nitrogens with one attached hydrogen (secondary N) is 2. The first kappa shape index (κ1) is 20.6. The van der Waals surface area contributed by atoms with E-state index in [0.717, 1.165) is 30.9 Å². The second-order valence-electron chi connectivity index (χ2n) is 6.38. The van der Waals surface area contributed by atoms with Gasteiger partial charge in [-0.15, -0.1) is 0 Å². The molecule has 0 atom stereocenters. The maximum atomic E-state index is 13.3. The van der Waals surface area contributed by atoms with Crippen molar-refractivity contribution in [1.82, 2.24) is 15.3 Å². The summed E-state index contributed by atoms with van der Waals surface area (Å²) in [5.74, 6) is 0.0606. The fourth-order valence-electron chi connectivity index (χ4n) is 2.88. The van der Waals surface area contributed by atoms with Crippen LogP contribution in [0.25, 0.3) is 0 Å². The maximum Gasteiger partial charge on any atom is 0.433 e. The van der Waals surface area contributed by atoms with Crippen molar-refractivity contribution < 1.29 is 13.2 Å². The monoisotopic (exact) mass is 429 g/mol. The number of hydrogen-bond acceptors (Lipinski definition) is 4. The van der Waals surface area contributed by atoms with Gasteiger partial charge in [0.2, 0.25) is 5.95 Å². The van der Waals surface area contributed by atoms with E-state index in [-0.39, 0.29) is 16.9 Å². The Morgan fingerprint density at radius 1 is 1.14 bits per heavy atom. The van der Waals surface area contributed by atoms with Gasteiger partial charge < -0.3 is 15.5 Å². The van der Waals surface area contributed by atoms with Crippen molar-refractivity contribution in [2.24, 2.45) is 0 Å². The number of anilines is 2. The number of alkyl halides is 3. The molecule has 1 aromatic carbocycles. The van der Waals surface area contributed by atoms with Crippen LogP contribution in [0, 0.1) is 0 Å². The zero-order valence-electron chi connectivity index (χ0n) is 14.9. The normalized spacial score (nSPS) is 14.6. The van der Waals surface area contributed by atoms with E-state index in [1.54, 1.807) is 12.1 Å². The fourth-order valence-corrected chi connectivity index (χ4v) is 3.25. The summed E-state index contributed by atoms with van der Waals surface area (Å²) >= 11 is 11.3. The van der Waals surface area contributed by atoms with Gasteiger partial charge in [0.25, 0.3) is 0 Å². The van der Waals surface area contributed by atoms with Gasteiger partial charge in [0.1, 0.15) is 5.82 Å². The zero-order chi connectivity index (χ0) is 20.1. The van der Waals surface area contributed by atoms with Crippen molar-refractivity contribution in [1.29, 1.82) is 0 Å². The molecule has 0 aliphatic carbocycles. The van der Waals surface area contributed by atoms with Crippen LogP contribution >= 0.6 is 23.8 Å². The summed E-state index contributed by atoms with van der Waals surface area (Å²) in [6, 6.07) is 8.20. The molecule has 0 amide bonds. The molecule has 0 bridgehead atoms. The Bertz CT molecular complexity index is 840. The van der Waals surface area contributed by atoms with Crippen LogP contribution in [-0.4, -0.2) is 28.2 Å². The highest BCUT2D eigenvalue weighted by Gasteiger charge is 2.34. The Morgan fingerprint density at radius 3 is 2.54 bits per heavy atom. The van der Waals surface area contributed by atoms with E-state index >= 15 is 0 Å². The predicted octanol–water partition coefficient (Wildman–Crippen LogP) is 4.63. The van der Waals surface area contributed by atoms with Crippen LogP contribution < -0.4 is 15.5 Å². The predicted molar refractivity (Wildman–Crippen MR) is 108 cm³/mol. The quantitative estimate of drug-likeness (QED) is 0.691. The van der Waals surface area contributed by atoms with Gasteiger partial charge in [0, 0.05) is 30.7 Å². The third kappa shape index (κ3) is 5.45. The molecule has 2 N–H and O–H groups in total. The molecule has 5 nitrogen and oxygen atoms in total. The topological polar surface area (TPSA) is 53.1 Å². The molecule has 1 aliphatic rings. The van der Waals surface area contributed by atoms with Gasteiger partial charge in [-0.1, -0.05) is 29.8 Å². The molecule has 0 spiro atoms. The first-order valence-electron chi connectivity index (χ1n) is 8.82. The maximum absolute atomic E-state index is 13.3. The number of halogens is 4. The van der Waals surface area contributed by atoms with Gasteiger partial charge in [-0.2, -0.15) is 18.2 Å². The lowest BCUT2D eigenvalue weighted by atomic mass is 10.1. The summed E-state index contributed by atoms with van der Waals surface area (Å²) in [4.78, 5) is 9.66. The van der Waals surface area contributed by atoms with Crippen LogP contribution in [-0.2, 0) is 12.7 Å². The average Bonchev–Trinajstić information content (AvgIpc) is 2.67. The molecule has 28 heavy (non-hydrogen) atoms. The Morgan fingerprint density at radius 2 is 1.86 bits per heavy atom. The van der Waals surface area contributed by atoms with Gasteiger partial charge in [-0.25, -0.2) is 4.98 Å². The Labute approximate surface area is 171 Å². The van der Waals surface area contributed by atoms with Crippen molar-refractivity contribution in [3.8, 4) is 0 Å². The van der Waals surface area contributed by atoms with E-state index in [2.05, 4.69) is 20.6 Å². The minimum atomic E-state index is -4.57. The van der Waals surface area contributed by atoms with Gasteiger partial charge in [0.05, 0.1) is 0 Å². The molecule has 0 radical (unpaired) electrons. The van der Waals surface area contributed by atoms with Crippen molar-refractivity contribution in [2.45, 2.75) is 32.0 Å². The van der Waals surface area contributed by atoms with Crippen molar-refractivity contribution >= 4 is 40.7 Å². The largest absolute Gasteiger partial charge is 0.433 e. The molecular weight excluding hydrogens is 411 g/mol.